The van der Waals surface area contributed by atoms with E-state index in [9.17, 15) is 4.79 Å². The molecule has 3 atom stereocenters. The van der Waals surface area contributed by atoms with Gasteiger partial charge in [0.1, 0.15) is 5.41 Å². The molecule has 1 aromatic heterocycles. The molecule has 1 aromatic carbocycles. The van der Waals surface area contributed by atoms with E-state index in [2.05, 4.69) is 56.9 Å². The molecule has 0 radical (unpaired) electrons. The Labute approximate surface area is 229 Å². The number of rotatable bonds is 7. The standard InChI is InChI=1S/C29H35Cl2N5O/c1-29(25(30)17-33-18-26(29)31)28(37)35-16-20-7-9-21(10-8-20)19-36(23-11-14-32-15-12-23)24-6-2-4-22-5-3-13-34-27(22)24/h3,5,7-10,13,17-18,23-25,32H,2,4,6,11-12,14-16,19H2,1H3,(H,35,37). The number of alkyl halides is 1. The second-order valence-corrected chi connectivity index (χ2v) is 11.4. The lowest BCUT2D eigenvalue weighted by Crippen LogP contribution is -2.46. The molecule has 8 heteroatoms. The van der Waals surface area contributed by atoms with E-state index >= 15 is 0 Å². The largest absolute Gasteiger partial charge is 0.351 e. The number of aromatic nitrogens is 1. The third kappa shape index (κ3) is 5.63. The van der Waals surface area contributed by atoms with Crippen molar-refractivity contribution >= 4 is 35.3 Å². The second kappa shape index (κ2) is 11.6. The van der Waals surface area contributed by atoms with Crippen molar-refractivity contribution in [3.05, 3.63) is 76.2 Å². The van der Waals surface area contributed by atoms with Crippen molar-refractivity contribution in [3.8, 4) is 0 Å². The Hall–Kier alpha value is -2.25. The van der Waals surface area contributed by atoms with Crippen molar-refractivity contribution < 1.29 is 4.79 Å². The number of nitrogens with one attached hydrogen (secondary N) is 2. The molecule has 2 aromatic rings. The van der Waals surface area contributed by atoms with Gasteiger partial charge in [0.15, 0.2) is 0 Å². The minimum atomic E-state index is -1.02. The monoisotopic (exact) mass is 539 g/mol. The Morgan fingerprint density at radius 1 is 1.16 bits per heavy atom. The minimum Gasteiger partial charge on any atom is -0.351 e. The van der Waals surface area contributed by atoms with Crippen molar-refractivity contribution in [2.75, 3.05) is 13.1 Å². The smallest absolute Gasteiger partial charge is 0.233 e. The maximum atomic E-state index is 13.0. The first kappa shape index (κ1) is 26.4. The summed E-state index contributed by atoms with van der Waals surface area (Å²) < 4.78 is 0. The summed E-state index contributed by atoms with van der Waals surface area (Å²) in [6, 6.07) is 13.8. The van der Waals surface area contributed by atoms with Crippen molar-refractivity contribution in [1.82, 2.24) is 20.5 Å². The molecule has 3 unspecified atom stereocenters. The average molecular weight is 541 g/mol. The van der Waals surface area contributed by atoms with Crippen LogP contribution in [0.15, 0.2) is 58.8 Å². The van der Waals surface area contributed by atoms with Gasteiger partial charge in [-0.15, -0.1) is 11.6 Å². The number of aryl methyl sites for hydroxylation is 1. The lowest BCUT2D eigenvalue weighted by molar-refractivity contribution is -0.127. The third-order valence-corrected chi connectivity index (χ3v) is 9.15. The van der Waals surface area contributed by atoms with Crippen LogP contribution >= 0.6 is 23.2 Å². The molecule has 1 aliphatic carbocycles. The molecule has 37 heavy (non-hydrogen) atoms. The van der Waals surface area contributed by atoms with E-state index in [0.717, 1.165) is 50.9 Å². The third-order valence-electron chi connectivity index (χ3n) is 8.11. The molecule has 3 heterocycles. The molecule has 5 rings (SSSR count). The summed E-state index contributed by atoms with van der Waals surface area (Å²) in [4.78, 5) is 24.5. The van der Waals surface area contributed by atoms with Crippen molar-refractivity contribution in [2.45, 2.75) is 69.6 Å². The van der Waals surface area contributed by atoms with Gasteiger partial charge < -0.3 is 10.6 Å². The summed E-state index contributed by atoms with van der Waals surface area (Å²) in [5.41, 5.74) is 3.95. The maximum Gasteiger partial charge on any atom is 0.233 e. The number of piperidine rings is 1. The zero-order valence-electron chi connectivity index (χ0n) is 21.3. The first-order valence-corrected chi connectivity index (χ1v) is 14.1. The lowest BCUT2D eigenvalue weighted by atomic mass is 9.84. The summed E-state index contributed by atoms with van der Waals surface area (Å²) in [5, 5.41) is 6.28. The molecule has 6 nitrogen and oxygen atoms in total. The van der Waals surface area contributed by atoms with Crippen LogP contribution in [0.1, 0.15) is 61.0 Å². The number of benzene rings is 1. The van der Waals surface area contributed by atoms with E-state index in [-0.39, 0.29) is 5.91 Å². The highest BCUT2D eigenvalue weighted by atomic mass is 35.5. The van der Waals surface area contributed by atoms with Gasteiger partial charge in [-0.2, -0.15) is 0 Å². The number of hydrogen-bond acceptors (Lipinski definition) is 5. The SMILES string of the molecule is CC1(C(=O)NCc2ccc(CN(C3CCNCC3)C3CCCc4cccnc43)cc2)C(Cl)=CN=CC1Cl. The van der Waals surface area contributed by atoms with Crippen molar-refractivity contribution in [2.24, 2.45) is 10.4 Å². The highest BCUT2D eigenvalue weighted by Gasteiger charge is 2.44. The number of halogens is 2. The fraction of sp³-hybridized carbons (Fsp3) is 0.483. The highest BCUT2D eigenvalue weighted by molar-refractivity contribution is 6.37. The number of nitrogens with zero attached hydrogens (tertiary/aromatic N) is 3. The zero-order chi connectivity index (χ0) is 25.8. The van der Waals surface area contributed by atoms with E-state index < -0.39 is 10.8 Å². The van der Waals surface area contributed by atoms with Gasteiger partial charge in [0.2, 0.25) is 5.91 Å². The number of carbonyl (C=O) groups is 1. The molecular formula is C29H35Cl2N5O. The summed E-state index contributed by atoms with van der Waals surface area (Å²) in [6.45, 7) is 5.19. The van der Waals surface area contributed by atoms with E-state index in [1.165, 1.54) is 29.4 Å². The van der Waals surface area contributed by atoms with Gasteiger partial charge in [-0.25, -0.2) is 0 Å². The van der Waals surface area contributed by atoms with Crippen molar-refractivity contribution in [1.29, 1.82) is 0 Å². The van der Waals surface area contributed by atoms with Crippen LogP contribution in [-0.2, 0) is 24.3 Å². The van der Waals surface area contributed by atoms with E-state index in [4.69, 9.17) is 28.2 Å². The fourth-order valence-electron chi connectivity index (χ4n) is 5.71. The second-order valence-electron chi connectivity index (χ2n) is 10.5. The van der Waals surface area contributed by atoms with Crippen LogP contribution in [0.3, 0.4) is 0 Å². The van der Waals surface area contributed by atoms with Crippen LogP contribution in [0.25, 0.3) is 0 Å². The number of hydrogen-bond donors (Lipinski definition) is 2. The van der Waals surface area contributed by atoms with Gasteiger partial charge in [0.05, 0.1) is 22.1 Å². The van der Waals surface area contributed by atoms with Crippen LogP contribution in [0.4, 0.5) is 0 Å². The van der Waals surface area contributed by atoms with Gasteiger partial charge in [-0.05, 0) is 74.9 Å². The Kier molecular flexibility index (Phi) is 8.30. The van der Waals surface area contributed by atoms with Gasteiger partial charge in [0, 0.05) is 37.7 Å². The minimum absolute atomic E-state index is 0.204. The molecule has 3 aliphatic rings. The molecule has 1 fully saturated rings. The predicted octanol–water partition coefficient (Wildman–Crippen LogP) is 5.11. The molecule has 0 spiro atoms. The lowest BCUT2D eigenvalue weighted by Gasteiger charge is -2.42. The zero-order valence-corrected chi connectivity index (χ0v) is 22.8. The highest BCUT2D eigenvalue weighted by Crippen LogP contribution is 2.39. The predicted molar refractivity (Wildman–Crippen MR) is 150 cm³/mol. The molecular weight excluding hydrogens is 505 g/mol. The normalized spacial score (nSPS) is 26.0. The first-order valence-electron chi connectivity index (χ1n) is 13.3. The topological polar surface area (TPSA) is 69.6 Å². The summed E-state index contributed by atoms with van der Waals surface area (Å²) in [5.74, 6) is -0.204. The molecule has 1 saturated heterocycles. The number of pyridine rings is 1. The van der Waals surface area contributed by atoms with Crippen LogP contribution in [0, 0.1) is 5.41 Å². The number of fused-ring (bicyclic) bond motifs is 1. The molecule has 2 N–H and O–H groups in total. The van der Waals surface area contributed by atoms with Crippen LogP contribution in [-0.4, -0.2) is 46.5 Å². The van der Waals surface area contributed by atoms with E-state index in [1.54, 1.807) is 13.1 Å². The number of carbonyl (C=O) groups excluding carboxylic acids is 1. The van der Waals surface area contributed by atoms with E-state index in [0.29, 0.717) is 23.7 Å². The van der Waals surface area contributed by atoms with Gasteiger partial charge in [-0.3, -0.25) is 19.7 Å². The number of aliphatic imine (C=N–C) groups is 1. The molecule has 0 bridgehead atoms. The Bertz CT molecular complexity index is 1160. The van der Waals surface area contributed by atoms with Crippen molar-refractivity contribution in [3.63, 3.8) is 0 Å². The van der Waals surface area contributed by atoms with Crippen LogP contribution in [0.2, 0.25) is 0 Å². The molecule has 2 aliphatic heterocycles. The Balaban J connectivity index is 1.28. The van der Waals surface area contributed by atoms with Gasteiger partial charge in [0.25, 0.3) is 0 Å². The Morgan fingerprint density at radius 3 is 2.68 bits per heavy atom. The Morgan fingerprint density at radius 2 is 1.92 bits per heavy atom. The average Bonchev–Trinajstić information content (AvgIpc) is 2.94. The molecule has 1 amide bonds. The quantitative estimate of drug-likeness (QED) is 0.479. The number of amides is 1. The molecule has 196 valence electrons. The maximum absolute atomic E-state index is 13.0. The van der Waals surface area contributed by atoms with Crippen LogP contribution in [0.5, 0.6) is 0 Å². The summed E-state index contributed by atoms with van der Waals surface area (Å²) in [7, 11) is 0. The summed E-state index contributed by atoms with van der Waals surface area (Å²) in [6.07, 6.45) is 10.8. The fourth-order valence-corrected chi connectivity index (χ4v) is 6.31. The van der Waals surface area contributed by atoms with E-state index in [1.807, 2.05) is 6.20 Å². The summed E-state index contributed by atoms with van der Waals surface area (Å²) >= 11 is 12.7. The van der Waals surface area contributed by atoms with Gasteiger partial charge in [-0.1, -0.05) is 41.9 Å². The first-order chi connectivity index (χ1) is 18.0. The van der Waals surface area contributed by atoms with Gasteiger partial charge >= 0.3 is 0 Å². The molecule has 0 saturated carbocycles. The van der Waals surface area contributed by atoms with Crippen LogP contribution < -0.4 is 10.6 Å².